The summed E-state index contributed by atoms with van der Waals surface area (Å²) in [6, 6.07) is 8.62. The van der Waals surface area contributed by atoms with Gasteiger partial charge in [0.15, 0.2) is 0 Å². The van der Waals surface area contributed by atoms with Crippen LogP contribution in [0.5, 0.6) is 0 Å². The lowest BCUT2D eigenvalue weighted by molar-refractivity contribution is 0.778. The summed E-state index contributed by atoms with van der Waals surface area (Å²) < 4.78 is 2.12. The maximum atomic E-state index is 4.95. The molecule has 3 rings (SSSR count). The van der Waals surface area contributed by atoms with Crippen LogP contribution in [0.4, 0.5) is 0 Å². The van der Waals surface area contributed by atoms with E-state index in [9.17, 15) is 0 Å². The number of aromatic nitrogens is 2. The number of rotatable bonds is 6. The molecule has 0 atom stereocenters. The second kappa shape index (κ2) is 7.92. The second-order valence-corrected chi connectivity index (χ2v) is 7.82. The summed E-state index contributed by atoms with van der Waals surface area (Å²) in [6.07, 6.45) is 6.76. The van der Waals surface area contributed by atoms with Crippen LogP contribution in [0, 0.1) is 0 Å². The maximum Gasteiger partial charge on any atom is 0.0980 e. The number of fused-ring (bicyclic) bond motifs is 3. The predicted molar refractivity (Wildman–Crippen MR) is 110 cm³/mol. The number of halogens is 2. The van der Waals surface area contributed by atoms with Crippen LogP contribution in [0.2, 0.25) is 0 Å². The highest BCUT2D eigenvalue weighted by molar-refractivity contribution is 9.13. The van der Waals surface area contributed by atoms with E-state index in [1.165, 1.54) is 25.7 Å². The summed E-state index contributed by atoms with van der Waals surface area (Å²) in [4.78, 5) is 9.90. The molecule has 1 aromatic carbocycles. The zero-order valence-corrected chi connectivity index (χ0v) is 17.4. The van der Waals surface area contributed by atoms with E-state index in [0.717, 1.165) is 55.0 Å². The largest absolute Gasteiger partial charge is 0.250 e. The minimum Gasteiger partial charge on any atom is -0.250 e. The van der Waals surface area contributed by atoms with Gasteiger partial charge >= 0.3 is 0 Å². The van der Waals surface area contributed by atoms with Gasteiger partial charge in [0, 0.05) is 31.1 Å². The molecule has 0 bridgehead atoms. The average Bonchev–Trinajstić information content (AvgIpc) is 2.62. The molecule has 2 nitrogen and oxygen atoms in total. The van der Waals surface area contributed by atoms with Crippen LogP contribution >= 0.6 is 31.9 Å². The topological polar surface area (TPSA) is 25.8 Å². The van der Waals surface area contributed by atoms with Crippen LogP contribution < -0.4 is 0 Å². The third-order valence-electron chi connectivity index (χ3n) is 4.37. The van der Waals surface area contributed by atoms with Gasteiger partial charge in [-0.15, -0.1) is 0 Å². The summed E-state index contributed by atoms with van der Waals surface area (Å²) in [5.74, 6) is 0. The van der Waals surface area contributed by atoms with E-state index in [2.05, 4.69) is 70.0 Å². The van der Waals surface area contributed by atoms with Crippen molar-refractivity contribution in [2.75, 3.05) is 0 Å². The summed E-state index contributed by atoms with van der Waals surface area (Å²) in [5, 5.41) is 2.24. The molecule has 0 aliphatic rings. The van der Waals surface area contributed by atoms with Gasteiger partial charge in [0.05, 0.1) is 11.0 Å². The van der Waals surface area contributed by atoms with Crippen LogP contribution in [-0.2, 0) is 12.8 Å². The Morgan fingerprint density at radius 3 is 1.50 bits per heavy atom. The molecule has 0 N–H and O–H groups in total. The molecule has 0 radical (unpaired) electrons. The number of unbranched alkanes of at least 4 members (excludes halogenated alkanes) is 2. The van der Waals surface area contributed by atoms with E-state index >= 15 is 0 Å². The molecular weight excluding hydrogens is 428 g/mol. The maximum absolute atomic E-state index is 4.95. The monoisotopic (exact) mass is 448 g/mol. The first-order valence-electron chi connectivity index (χ1n) is 8.72. The average molecular weight is 450 g/mol. The molecule has 24 heavy (non-hydrogen) atoms. The van der Waals surface area contributed by atoms with Crippen molar-refractivity contribution in [2.24, 2.45) is 0 Å². The van der Waals surface area contributed by atoms with Gasteiger partial charge in [0.2, 0.25) is 0 Å². The third kappa shape index (κ3) is 3.50. The van der Waals surface area contributed by atoms with Crippen molar-refractivity contribution in [1.82, 2.24) is 9.97 Å². The highest BCUT2D eigenvalue weighted by atomic mass is 79.9. The van der Waals surface area contributed by atoms with Crippen molar-refractivity contribution in [2.45, 2.75) is 52.4 Å². The van der Waals surface area contributed by atoms with E-state index in [-0.39, 0.29) is 0 Å². The van der Waals surface area contributed by atoms with Gasteiger partial charge in [0.25, 0.3) is 0 Å². The van der Waals surface area contributed by atoms with Crippen molar-refractivity contribution in [3.8, 4) is 0 Å². The highest BCUT2D eigenvalue weighted by Crippen LogP contribution is 2.38. The van der Waals surface area contributed by atoms with E-state index in [4.69, 9.17) is 9.97 Å². The number of benzene rings is 1. The minimum absolute atomic E-state index is 1.01. The molecule has 0 saturated carbocycles. The first-order chi connectivity index (χ1) is 11.7. The Bertz CT molecular complexity index is 802. The Kier molecular flexibility index (Phi) is 5.88. The van der Waals surface area contributed by atoms with Gasteiger partial charge < -0.3 is 0 Å². The SMILES string of the molecule is CCCCc1ccc2c(Br)c(Br)c3ccc(CCCC)nc3c2n1. The fraction of sp³-hybridized carbons (Fsp3) is 0.400. The smallest absolute Gasteiger partial charge is 0.0980 e. The summed E-state index contributed by atoms with van der Waals surface area (Å²) in [7, 11) is 0. The van der Waals surface area contributed by atoms with Gasteiger partial charge in [0.1, 0.15) is 0 Å². The first kappa shape index (κ1) is 17.8. The van der Waals surface area contributed by atoms with Crippen molar-refractivity contribution < 1.29 is 0 Å². The lowest BCUT2D eigenvalue weighted by Crippen LogP contribution is -1.96. The normalized spacial score (nSPS) is 11.5. The summed E-state index contributed by atoms with van der Waals surface area (Å²) in [6.45, 7) is 4.43. The number of pyridine rings is 2. The quantitative estimate of drug-likeness (QED) is 0.378. The molecular formula is C20H22Br2N2. The molecule has 0 unspecified atom stereocenters. The fourth-order valence-electron chi connectivity index (χ4n) is 2.95. The van der Waals surface area contributed by atoms with E-state index in [0.29, 0.717) is 0 Å². The van der Waals surface area contributed by atoms with Gasteiger partial charge in [-0.3, -0.25) is 9.97 Å². The molecule has 0 aliphatic carbocycles. The Morgan fingerprint density at radius 2 is 1.12 bits per heavy atom. The molecule has 0 amide bonds. The summed E-state index contributed by atoms with van der Waals surface area (Å²) >= 11 is 7.45. The molecule has 4 heteroatoms. The van der Waals surface area contributed by atoms with Crippen LogP contribution in [0.25, 0.3) is 21.8 Å². The van der Waals surface area contributed by atoms with E-state index < -0.39 is 0 Å². The van der Waals surface area contributed by atoms with Crippen molar-refractivity contribution in [1.29, 1.82) is 0 Å². The van der Waals surface area contributed by atoms with Gasteiger partial charge in [-0.25, -0.2) is 0 Å². The number of nitrogens with zero attached hydrogens (tertiary/aromatic N) is 2. The van der Waals surface area contributed by atoms with Crippen LogP contribution in [0.15, 0.2) is 33.2 Å². The zero-order chi connectivity index (χ0) is 17.1. The Labute approximate surface area is 160 Å². The molecule has 0 saturated heterocycles. The zero-order valence-electron chi connectivity index (χ0n) is 14.2. The standard InChI is InChI=1S/C20H22Br2N2/c1-3-5-7-13-9-11-15-17(21)18(22)16-12-10-14(8-6-4-2)24-20(16)19(15)23-13/h9-12H,3-8H2,1-2H3. The third-order valence-corrected chi connectivity index (χ3v) is 6.55. The number of aryl methyl sites for hydroxylation is 2. The second-order valence-electron chi connectivity index (χ2n) is 6.23. The highest BCUT2D eigenvalue weighted by Gasteiger charge is 2.14. The van der Waals surface area contributed by atoms with Crippen molar-refractivity contribution in [3.05, 3.63) is 44.6 Å². The molecule has 2 heterocycles. The minimum atomic E-state index is 1.01. The number of hydrogen-bond donors (Lipinski definition) is 0. The van der Waals surface area contributed by atoms with Gasteiger partial charge in [-0.05, 0) is 81.8 Å². The fourth-order valence-corrected chi connectivity index (χ4v) is 4.01. The van der Waals surface area contributed by atoms with E-state index in [1.54, 1.807) is 0 Å². The molecule has 2 aromatic heterocycles. The summed E-state index contributed by atoms with van der Waals surface area (Å²) in [5.41, 5.74) is 4.32. The van der Waals surface area contributed by atoms with E-state index in [1.807, 2.05) is 0 Å². The van der Waals surface area contributed by atoms with Gasteiger partial charge in [-0.2, -0.15) is 0 Å². The first-order valence-corrected chi connectivity index (χ1v) is 10.3. The Hall–Kier alpha value is -1.00. The Balaban J connectivity index is 2.22. The molecule has 0 fully saturated rings. The predicted octanol–water partition coefficient (Wildman–Crippen LogP) is 6.99. The lowest BCUT2D eigenvalue weighted by Gasteiger charge is -2.11. The molecule has 0 aliphatic heterocycles. The number of hydrogen-bond acceptors (Lipinski definition) is 2. The molecule has 0 spiro atoms. The molecule has 3 aromatic rings. The van der Waals surface area contributed by atoms with Crippen molar-refractivity contribution in [3.63, 3.8) is 0 Å². The lowest BCUT2D eigenvalue weighted by atomic mass is 10.1. The van der Waals surface area contributed by atoms with Crippen LogP contribution in [0.1, 0.15) is 50.9 Å². The molecule has 126 valence electrons. The van der Waals surface area contributed by atoms with Crippen LogP contribution in [0.3, 0.4) is 0 Å². The van der Waals surface area contributed by atoms with Gasteiger partial charge in [-0.1, -0.05) is 26.7 Å². The Morgan fingerprint density at radius 1 is 0.708 bits per heavy atom. The van der Waals surface area contributed by atoms with Crippen LogP contribution in [-0.4, -0.2) is 9.97 Å². The van der Waals surface area contributed by atoms with Crippen molar-refractivity contribution >= 4 is 53.7 Å².